The molecule has 1 atom stereocenters. The molecule has 56 valence electrons. The number of carbonyl (C=O) groups is 1. The van der Waals surface area contributed by atoms with Crippen LogP contribution in [-0.2, 0) is 4.79 Å². The molecular formula is C6H12Cl2O. The van der Waals surface area contributed by atoms with E-state index >= 15 is 0 Å². The van der Waals surface area contributed by atoms with Crippen LogP contribution in [0.15, 0.2) is 12.7 Å². The fraction of sp³-hybridized carbons (Fsp3) is 0.500. The van der Waals surface area contributed by atoms with Gasteiger partial charge in [-0.05, 0) is 6.92 Å². The Morgan fingerprint density at radius 3 is 1.89 bits per heavy atom. The Balaban J connectivity index is -0.000000180. The molecule has 0 radical (unpaired) electrons. The lowest BCUT2D eigenvalue weighted by Gasteiger charge is -1.93. The van der Waals surface area contributed by atoms with Crippen LogP contribution >= 0.6 is 24.8 Å². The molecule has 0 aliphatic carbocycles. The van der Waals surface area contributed by atoms with Gasteiger partial charge in [-0.25, -0.2) is 0 Å². The summed E-state index contributed by atoms with van der Waals surface area (Å²) >= 11 is 0. The molecule has 0 amide bonds. The Hall–Kier alpha value is -0.0100. The van der Waals surface area contributed by atoms with Gasteiger partial charge in [0.25, 0.3) is 0 Å². The number of hydrogen-bond acceptors (Lipinski definition) is 1. The topological polar surface area (TPSA) is 17.1 Å². The van der Waals surface area contributed by atoms with Gasteiger partial charge < -0.3 is 0 Å². The first-order chi connectivity index (χ1) is 3.18. The largest absolute Gasteiger partial charge is 0.299 e. The summed E-state index contributed by atoms with van der Waals surface area (Å²) in [6, 6.07) is 0. The van der Waals surface area contributed by atoms with Crippen LogP contribution < -0.4 is 0 Å². The maximum atomic E-state index is 10.3. The van der Waals surface area contributed by atoms with Crippen LogP contribution in [0.4, 0.5) is 0 Å². The molecular weight excluding hydrogens is 159 g/mol. The molecule has 1 nitrogen and oxygen atoms in total. The highest BCUT2D eigenvalue weighted by Gasteiger charge is 1.98. The van der Waals surface area contributed by atoms with Crippen LogP contribution in [-0.4, -0.2) is 5.78 Å². The zero-order chi connectivity index (χ0) is 5.86. The zero-order valence-electron chi connectivity index (χ0n) is 5.59. The minimum atomic E-state index is 0. The summed E-state index contributed by atoms with van der Waals surface area (Å²) in [4.78, 5) is 10.3. The number of carbonyl (C=O) groups excluding carboxylic acids is 1. The molecule has 0 fully saturated rings. The maximum Gasteiger partial charge on any atom is 0.136 e. The molecule has 0 heterocycles. The van der Waals surface area contributed by atoms with Gasteiger partial charge in [0.1, 0.15) is 5.78 Å². The molecule has 0 bridgehead atoms. The van der Waals surface area contributed by atoms with Gasteiger partial charge in [-0.2, -0.15) is 0 Å². The zero-order valence-corrected chi connectivity index (χ0v) is 7.22. The van der Waals surface area contributed by atoms with E-state index in [0.717, 1.165) is 0 Å². The smallest absolute Gasteiger partial charge is 0.136 e. The lowest BCUT2D eigenvalue weighted by Crippen LogP contribution is -2.00. The minimum Gasteiger partial charge on any atom is -0.299 e. The Kier molecular flexibility index (Phi) is 14.2. The second-order valence-corrected chi connectivity index (χ2v) is 1.64. The predicted octanol–water partition coefficient (Wildman–Crippen LogP) is 2.24. The first-order valence-corrected chi connectivity index (χ1v) is 2.31. The monoisotopic (exact) mass is 170 g/mol. The van der Waals surface area contributed by atoms with Crippen LogP contribution in [0.25, 0.3) is 0 Å². The summed E-state index contributed by atoms with van der Waals surface area (Å²) in [6.07, 6.45) is 1.64. The third-order valence-electron chi connectivity index (χ3n) is 0.995. The van der Waals surface area contributed by atoms with Crippen molar-refractivity contribution in [3.8, 4) is 0 Å². The van der Waals surface area contributed by atoms with Gasteiger partial charge in [-0.15, -0.1) is 31.4 Å². The lowest BCUT2D eigenvalue weighted by molar-refractivity contribution is -0.118. The molecule has 0 aliphatic rings. The lowest BCUT2D eigenvalue weighted by atomic mass is 10.1. The normalized spacial score (nSPS) is 10.0. The molecule has 0 rings (SSSR count). The molecule has 3 heteroatoms. The van der Waals surface area contributed by atoms with Crippen molar-refractivity contribution in [1.29, 1.82) is 0 Å². The number of ketones is 1. The van der Waals surface area contributed by atoms with E-state index in [4.69, 9.17) is 0 Å². The van der Waals surface area contributed by atoms with Crippen LogP contribution in [0.3, 0.4) is 0 Å². The fourth-order valence-electron chi connectivity index (χ4n) is 0.166. The number of Topliss-reactive ketones (excluding diaryl/α,β-unsaturated/α-hetero) is 1. The summed E-state index contributed by atoms with van der Waals surface area (Å²) in [5.41, 5.74) is 0. The van der Waals surface area contributed by atoms with Crippen LogP contribution in [0.1, 0.15) is 13.8 Å². The second kappa shape index (κ2) is 7.99. The molecule has 0 aromatic carbocycles. The standard InChI is InChI=1S/C6H10O.2ClH/c1-4-5(2)6(3)7;;/h4-5H,1H2,2-3H3;2*1H. The predicted molar refractivity (Wildman–Crippen MR) is 44.5 cm³/mol. The third kappa shape index (κ3) is 7.99. The van der Waals surface area contributed by atoms with Crippen molar-refractivity contribution >= 4 is 30.6 Å². The van der Waals surface area contributed by atoms with Gasteiger partial charge >= 0.3 is 0 Å². The Morgan fingerprint density at radius 2 is 1.89 bits per heavy atom. The Morgan fingerprint density at radius 1 is 1.56 bits per heavy atom. The average Bonchev–Trinajstić information content (AvgIpc) is 1.65. The van der Waals surface area contributed by atoms with Crippen molar-refractivity contribution in [1.82, 2.24) is 0 Å². The summed E-state index contributed by atoms with van der Waals surface area (Å²) in [5, 5.41) is 0. The molecule has 9 heavy (non-hydrogen) atoms. The van der Waals surface area contributed by atoms with Crippen molar-refractivity contribution < 1.29 is 4.79 Å². The Bertz CT molecular complexity index is 91.1. The van der Waals surface area contributed by atoms with Crippen molar-refractivity contribution in [3.63, 3.8) is 0 Å². The molecule has 0 aromatic heterocycles. The van der Waals surface area contributed by atoms with Crippen LogP contribution in [0.2, 0.25) is 0 Å². The van der Waals surface area contributed by atoms with Crippen molar-refractivity contribution in [2.45, 2.75) is 13.8 Å². The van der Waals surface area contributed by atoms with Gasteiger partial charge in [0, 0.05) is 5.92 Å². The van der Waals surface area contributed by atoms with E-state index in [9.17, 15) is 4.79 Å². The molecule has 0 spiro atoms. The van der Waals surface area contributed by atoms with E-state index in [2.05, 4.69) is 6.58 Å². The first-order valence-electron chi connectivity index (χ1n) is 2.31. The molecule has 0 saturated carbocycles. The van der Waals surface area contributed by atoms with E-state index in [1.807, 2.05) is 6.92 Å². The minimum absolute atomic E-state index is 0. The second-order valence-electron chi connectivity index (χ2n) is 1.64. The Labute approximate surface area is 68.3 Å². The highest BCUT2D eigenvalue weighted by Crippen LogP contribution is 1.94. The molecule has 1 unspecified atom stereocenters. The maximum absolute atomic E-state index is 10.3. The molecule has 0 N–H and O–H groups in total. The third-order valence-corrected chi connectivity index (χ3v) is 0.995. The quantitative estimate of drug-likeness (QED) is 0.582. The van der Waals surface area contributed by atoms with Crippen LogP contribution in [0.5, 0.6) is 0 Å². The highest BCUT2D eigenvalue weighted by atomic mass is 35.5. The summed E-state index contributed by atoms with van der Waals surface area (Å²) < 4.78 is 0. The summed E-state index contributed by atoms with van der Waals surface area (Å²) in [5.74, 6) is 0.204. The fourth-order valence-corrected chi connectivity index (χ4v) is 0.166. The van der Waals surface area contributed by atoms with Crippen molar-refractivity contribution in [2.75, 3.05) is 0 Å². The van der Waals surface area contributed by atoms with Crippen LogP contribution in [0, 0.1) is 5.92 Å². The van der Waals surface area contributed by atoms with E-state index in [1.54, 1.807) is 13.0 Å². The van der Waals surface area contributed by atoms with Crippen molar-refractivity contribution in [2.24, 2.45) is 5.92 Å². The van der Waals surface area contributed by atoms with Gasteiger partial charge in [0.05, 0.1) is 0 Å². The summed E-state index contributed by atoms with van der Waals surface area (Å²) in [7, 11) is 0. The highest BCUT2D eigenvalue weighted by molar-refractivity contribution is 5.85. The summed E-state index contributed by atoms with van der Waals surface area (Å²) in [6.45, 7) is 6.85. The number of halogens is 2. The molecule has 0 saturated heterocycles. The van der Waals surface area contributed by atoms with Gasteiger partial charge in [0.15, 0.2) is 0 Å². The molecule has 0 aliphatic heterocycles. The van der Waals surface area contributed by atoms with Crippen molar-refractivity contribution in [3.05, 3.63) is 12.7 Å². The SMILES string of the molecule is C=CC(C)C(C)=O.Cl.Cl. The number of allylic oxidation sites excluding steroid dienone is 1. The van der Waals surface area contributed by atoms with E-state index < -0.39 is 0 Å². The van der Waals surface area contributed by atoms with E-state index in [-0.39, 0.29) is 36.5 Å². The van der Waals surface area contributed by atoms with E-state index in [1.165, 1.54) is 0 Å². The number of rotatable bonds is 2. The average molecular weight is 171 g/mol. The van der Waals surface area contributed by atoms with Gasteiger partial charge in [-0.3, -0.25) is 4.79 Å². The van der Waals surface area contributed by atoms with E-state index in [0.29, 0.717) is 0 Å². The van der Waals surface area contributed by atoms with Gasteiger partial charge in [-0.1, -0.05) is 13.0 Å². The number of hydrogen-bond donors (Lipinski definition) is 0. The van der Waals surface area contributed by atoms with Gasteiger partial charge in [0.2, 0.25) is 0 Å². The molecule has 0 aromatic rings. The first kappa shape index (κ1) is 16.0.